The summed E-state index contributed by atoms with van der Waals surface area (Å²) in [7, 11) is 0. The van der Waals surface area contributed by atoms with Gasteiger partial charge in [0.1, 0.15) is 5.82 Å². The number of nitrogens with one attached hydrogen (secondary N) is 1. The normalized spacial score (nSPS) is 10.8. The summed E-state index contributed by atoms with van der Waals surface area (Å²) in [5, 5.41) is 7.76. The van der Waals surface area contributed by atoms with Crippen molar-refractivity contribution in [2.75, 3.05) is 5.32 Å². The van der Waals surface area contributed by atoms with Crippen molar-refractivity contribution in [3.8, 4) is 17.1 Å². The smallest absolute Gasteiger partial charge is 0.295 e. The summed E-state index contributed by atoms with van der Waals surface area (Å²) in [6, 6.07) is 18.8. The first-order valence-corrected chi connectivity index (χ1v) is 9.66. The summed E-state index contributed by atoms with van der Waals surface area (Å²) < 4.78 is 15.0. The highest BCUT2D eigenvalue weighted by atomic mass is 35.5. The van der Waals surface area contributed by atoms with Crippen LogP contribution in [0.4, 0.5) is 10.1 Å². The van der Waals surface area contributed by atoms with Crippen LogP contribution in [-0.2, 0) is 0 Å². The lowest BCUT2D eigenvalue weighted by Gasteiger charge is -2.07. The second kappa shape index (κ2) is 8.08. The van der Waals surface area contributed by atoms with Crippen LogP contribution in [0.3, 0.4) is 0 Å². The van der Waals surface area contributed by atoms with E-state index in [4.69, 9.17) is 11.6 Å². The fraction of sp³-hybridized carbons (Fsp3) is 0.0870. The maximum absolute atomic E-state index is 13.4. The number of nitrogens with zero attached hydrogens (tertiary/aromatic N) is 3. The molecular formula is C23H18ClFN4O. The molecular weight excluding hydrogens is 403 g/mol. The molecule has 0 fully saturated rings. The third-order valence-corrected chi connectivity index (χ3v) is 4.84. The lowest BCUT2D eigenvalue weighted by molar-refractivity contribution is 0.101. The first-order chi connectivity index (χ1) is 14.4. The first-order valence-electron chi connectivity index (χ1n) is 9.28. The zero-order valence-electron chi connectivity index (χ0n) is 16.4. The maximum Gasteiger partial charge on any atom is 0.295 e. The second-order valence-electron chi connectivity index (χ2n) is 6.93. The largest absolute Gasteiger partial charge is 0.319 e. The molecule has 7 heteroatoms. The van der Waals surface area contributed by atoms with E-state index in [1.165, 1.54) is 12.1 Å². The summed E-state index contributed by atoms with van der Waals surface area (Å²) in [6.45, 7) is 3.84. The number of hydrogen-bond donors (Lipinski definition) is 1. The van der Waals surface area contributed by atoms with Gasteiger partial charge in [-0.1, -0.05) is 29.8 Å². The van der Waals surface area contributed by atoms with Crippen molar-refractivity contribution < 1.29 is 9.18 Å². The Morgan fingerprint density at radius 2 is 1.80 bits per heavy atom. The molecule has 4 rings (SSSR count). The fourth-order valence-electron chi connectivity index (χ4n) is 3.04. The lowest BCUT2D eigenvalue weighted by atomic mass is 10.2. The Morgan fingerprint density at radius 3 is 2.53 bits per heavy atom. The van der Waals surface area contributed by atoms with Crippen molar-refractivity contribution in [3.63, 3.8) is 0 Å². The molecule has 5 nitrogen and oxygen atoms in total. The zero-order chi connectivity index (χ0) is 21.3. The minimum absolute atomic E-state index is 0.00444. The van der Waals surface area contributed by atoms with Gasteiger partial charge in [-0.25, -0.2) is 14.1 Å². The van der Waals surface area contributed by atoms with E-state index in [2.05, 4.69) is 15.4 Å². The molecule has 0 aliphatic heterocycles. The van der Waals surface area contributed by atoms with E-state index in [0.29, 0.717) is 22.1 Å². The Balaban J connectivity index is 1.77. The number of halogens is 2. The third kappa shape index (κ3) is 4.09. The molecule has 0 saturated carbocycles. The predicted octanol–water partition coefficient (Wildman–Crippen LogP) is 5.60. The molecule has 0 atom stereocenters. The standard InChI is InChI=1S/C23H18ClFN4O/c1-14-4-3-5-19(12-14)29-22(16-7-10-18(25)11-8-16)27-21(28-29)23(30)26-20-13-17(24)9-6-15(20)2/h3-13H,1-2H3,(H,26,30). The number of benzene rings is 3. The zero-order valence-corrected chi connectivity index (χ0v) is 17.1. The van der Waals surface area contributed by atoms with E-state index < -0.39 is 5.91 Å². The Kier molecular flexibility index (Phi) is 5.33. The Morgan fingerprint density at radius 1 is 1.03 bits per heavy atom. The van der Waals surface area contributed by atoms with Crippen LogP contribution in [0.25, 0.3) is 17.1 Å². The lowest BCUT2D eigenvalue weighted by Crippen LogP contribution is -2.15. The molecule has 4 aromatic rings. The quantitative estimate of drug-likeness (QED) is 0.467. The van der Waals surface area contributed by atoms with Gasteiger partial charge in [0, 0.05) is 16.3 Å². The topological polar surface area (TPSA) is 59.8 Å². The van der Waals surface area contributed by atoms with Gasteiger partial charge < -0.3 is 5.32 Å². The van der Waals surface area contributed by atoms with Crippen molar-refractivity contribution in [1.82, 2.24) is 14.8 Å². The van der Waals surface area contributed by atoms with Crippen molar-refractivity contribution >= 4 is 23.2 Å². The number of aromatic nitrogens is 3. The molecule has 150 valence electrons. The van der Waals surface area contributed by atoms with Crippen LogP contribution >= 0.6 is 11.6 Å². The Labute approximate surface area is 178 Å². The van der Waals surface area contributed by atoms with Crippen LogP contribution in [0.5, 0.6) is 0 Å². The average molecular weight is 421 g/mol. The molecule has 1 aromatic heterocycles. The van der Waals surface area contributed by atoms with Crippen LogP contribution in [0.15, 0.2) is 66.7 Å². The maximum atomic E-state index is 13.4. The molecule has 1 N–H and O–H groups in total. The van der Waals surface area contributed by atoms with Gasteiger partial charge in [-0.15, -0.1) is 5.10 Å². The van der Waals surface area contributed by atoms with Gasteiger partial charge in [0.25, 0.3) is 5.91 Å². The van der Waals surface area contributed by atoms with E-state index in [1.54, 1.807) is 28.9 Å². The summed E-state index contributed by atoms with van der Waals surface area (Å²) in [5.41, 5.74) is 3.88. The van der Waals surface area contributed by atoms with Gasteiger partial charge >= 0.3 is 0 Å². The second-order valence-corrected chi connectivity index (χ2v) is 7.37. The highest BCUT2D eigenvalue weighted by Crippen LogP contribution is 2.24. The van der Waals surface area contributed by atoms with Gasteiger partial charge in [0.05, 0.1) is 5.69 Å². The van der Waals surface area contributed by atoms with Crippen molar-refractivity contribution in [2.24, 2.45) is 0 Å². The minimum atomic E-state index is -0.463. The number of rotatable bonds is 4. The van der Waals surface area contributed by atoms with Crippen LogP contribution in [0.2, 0.25) is 5.02 Å². The number of anilines is 1. The monoisotopic (exact) mass is 420 g/mol. The molecule has 0 spiro atoms. The molecule has 30 heavy (non-hydrogen) atoms. The molecule has 0 unspecified atom stereocenters. The van der Waals surface area contributed by atoms with E-state index in [0.717, 1.165) is 16.8 Å². The van der Waals surface area contributed by atoms with Crippen LogP contribution in [-0.4, -0.2) is 20.7 Å². The van der Waals surface area contributed by atoms with Gasteiger partial charge in [-0.3, -0.25) is 4.79 Å². The number of carbonyl (C=O) groups excluding carboxylic acids is 1. The van der Waals surface area contributed by atoms with Crippen LogP contribution < -0.4 is 5.32 Å². The van der Waals surface area contributed by atoms with Gasteiger partial charge in [0.2, 0.25) is 5.82 Å². The molecule has 0 aliphatic rings. The summed E-state index contributed by atoms with van der Waals surface area (Å²) >= 11 is 6.05. The van der Waals surface area contributed by atoms with Crippen LogP contribution in [0.1, 0.15) is 21.7 Å². The van der Waals surface area contributed by atoms with Gasteiger partial charge in [-0.05, 0) is 73.5 Å². The predicted molar refractivity (Wildman–Crippen MR) is 116 cm³/mol. The summed E-state index contributed by atoms with van der Waals surface area (Å²) in [6.07, 6.45) is 0. The van der Waals surface area contributed by atoms with E-state index in [9.17, 15) is 9.18 Å². The molecule has 0 saturated heterocycles. The average Bonchev–Trinajstić information content (AvgIpc) is 3.17. The van der Waals surface area contributed by atoms with Crippen molar-refractivity contribution in [2.45, 2.75) is 13.8 Å². The number of carbonyl (C=O) groups is 1. The summed E-state index contributed by atoms with van der Waals surface area (Å²) in [5.74, 6) is -0.381. The molecule has 0 radical (unpaired) electrons. The Bertz CT molecular complexity index is 1230. The highest BCUT2D eigenvalue weighted by Gasteiger charge is 2.19. The van der Waals surface area contributed by atoms with Crippen LogP contribution in [0, 0.1) is 19.7 Å². The first kappa shape index (κ1) is 19.8. The highest BCUT2D eigenvalue weighted by molar-refractivity contribution is 6.31. The fourth-order valence-corrected chi connectivity index (χ4v) is 3.21. The SMILES string of the molecule is Cc1cccc(-n2nc(C(=O)Nc3cc(Cl)ccc3C)nc2-c2ccc(F)cc2)c1. The van der Waals surface area contributed by atoms with E-state index >= 15 is 0 Å². The molecule has 3 aromatic carbocycles. The summed E-state index contributed by atoms with van der Waals surface area (Å²) in [4.78, 5) is 17.3. The number of amides is 1. The van der Waals surface area contributed by atoms with Crippen molar-refractivity contribution in [3.05, 3.63) is 94.5 Å². The van der Waals surface area contributed by atoms with E-state index in [1.807, 2.05) is 44.2 Å². The van der Waals surface area contributed by atoms with Gasteiger partial charge in [-0.2, -0.15) is 0 Å². The molecule has 1 amide bonds. The van der Waals surface area contributed by atoms with Gasteiger partial charge in [0.15, 0.2) is 5.82 Å². The number of hydrogen-bond acceptors (Lipinski definition) is 3. The number of aryl methyl sites for hydroxylation is 2. The van der Waals surface area contributed by atoms with Crippen molar-refractivity contribution in [1.29, 1.82) is 0 Å². The molecule has 0 bridgehead atoms. The third-order valence-electron chi connectivity index (χ3n) is 4.61. The molecule has 1 heterocycles. The molecule has 0 aliphatic carbocycles. The van der Waals surface area contributed by atoms with E-state index in [-0.39, 0.29) is 11.6 Å². The minimum Gasteiger partial charge on any atom is -0.319 e. The Hall–Kier alpha value is -3.51.